The van der Waals surface area contributed by atoms with Crippen molar-refractivity contribution in [3.8, 4) is 11.5 Å². The molecule has 1 aliphatic rings. The van der Waals surface area contributed by atoms with Gasteiger partial charge in [0.2, 0.25) is 0 Å². The molecule has 98 valence electrons. The number of nitrogens with two attached hydrogens (primary N) is 1. The lowest BCUT2D eigenvalue weighted by Crippen LogP contribution is -2.07. The Labute approximate surface area is 113 Å². The highest BCUT2D eigenvalue weighted by molar-refractivity contribution is 5.53. The van der Waals surface area contributed by atoms with Crippen LogP contribution in [0.5, 0.6) is 11.5 Å². The highest BCUT2D eigenvalue weighted by Gasteiger charge is 2.32. The zero-order valence-electron chi connectivity index (χ0n) is 11.1. The van der Waals surface area contributed by atoms with Crippen LogP contribution in [0.25, 0.3) is 0 Å². The normalized spacial score (nSPS) is 20.7. The van der Waals surface area contributed by atoms with Gasteiger partial charge < -0.3 is 15.2 Å². The maximum atomic E-state index is 6.05. The maximum Gasteiger partial charge on any atom is 0.131 e. The minimum atomic E-state index is 0.0203. The van der Waals surface area contributed by atoms with E-state index < -0.39 is 0 Å². The first-order valence-electron chi connectivity index (χ1n) is 6.39. The fraction of sp³-hybridized carbons (Fsp3) is 0.250. The van der Waals surface area contributed by atoms with Crippen LogP contribution in [0.15, 0.2) is 42.5 Å². The third-order valence-electron chi connectivity index (χ3n) is 3.66. The van der Waals surface area contributed by atoms with Crippen LogP contribution in [0.2, 0.25) is 0 Å². The van der Waals surface area contributed by atoms with E-state index in [0.717, 1.165) is 22.7 Å². The Bertz CT molecular complexity index is 609. The molecule has 0 saturated heterocycles. The van der Waals surface area contributed by atoms with Crippen LogP contribution >= 0.6 is 0 Å². The predicted octanol–water partition coefficient (Wildman–Crippen LogP) is 3.51. The summed E-state index contributed by atoms with van der Waals surface area (Å²) in [5, 5.41) is 0. The van der Waals surface area contributed by atoms with Crippen molar-refractivity contribution in [3.63, 3.8) is 0 Å². The van der Waals surface area contributed by atoms with Crippen molar-refractivity contribution >= 4 is 5.69 Å². The number of fused-ring (bicyclic) bond motifs is 1. The molecule has 3 nitrogen and oxygen atoms in total. The minimum Gasteiger partial charge on any atom is -0.497 e. The van der Waals surface area contributed by atoms with E-state index in [0.29, 0.717) is 5.92 Å². The van der Waals surface area contributed by atoms with Crippen molar-refractivity contribution in [2.75, 3.05) is 12.8 Å². The highest BCUT2D eigenvalue weighted by atomic mass is 16.5. The van der Waals surface area contributed by atoms with E-state index in [1.54, 1.807) is 7.11 Å². The topological polar surface area (TPSA) is 44.5 Å². The molecule has 0 radical (unpaired) electrons. The first kappa shape index (κ1) is 11.9. The van der Waals surface area contributed by atoms with E-state index >= 15 is 0 Å². The standard InChI is InChI=1S/C16H17NO2/c1-10-14-7-6-12(17)9-15(14)19-16(10)11-4-3-5-13(8-11)18-2/h3-10,16H,17H2,1-2H3/t10-,16?/m0/s1. The van der Waals surface area contributed by atoms with Crippen molar-refractivity contribution in [2.45, 2.75) is 18.9 Å². The van der Waals surface area contributed by atoms with Crippen LogP contribution < -0.4 is 15.2 Å². The molecule has 1 heterocycles. The third-order valence-corrected chi connectivity index (χ3v) is 3.66. The summed E-state index contributed by atoms with van der Waals surface area (Å²) in [6, 6.07) is 13.9. The minimum absolute atomic E-state index is 0.0203. The van der Waals surface area contributed by atoms with Crippen LogP contribution in [-0.4, -0.2) is 7.11 Å². The molecule has 1 unspecified atom stereocenters. The van der Waals surface area contributed by atoms with Gasteiger partial charge in [-0.05, 0) is 23.8 Å². The molecule has 3 heteroatoms. The van der Waals surface area contributed by atoms with E-state index in [-0.39, 0.29) is 6.10 Å². The van der Waals surface area contributed by atoms with E-state index in [2.05, 4.69) is 19.1 Å². The zero-order valence-corrected chi connectivity index (χ0v) is 11.1. The molecule has 0 saturated carbocycles. The Morgan fingerprint density at radius 1 is 1.16 bits per heavy atom. The second-order valence-electron chi connectivity index (χ2n) is 4.90. The molecule has 2 atom stereocenters. The summed E-state index contributed by atoms with van der Waals surface area (Å²) in [7, 11) is 1.67. The molecule has 3 rings (SSSR count). The molecule has 0 aromatic heterocycles. The Morgan fingerprint density at radius 3 is 2.79 bits per heavy atom. The number of ether oxygens (including phenoxy) is 2. The second kappa shape index (κ2) is 4.50. The van der Waals surface area contributed by atoms with Crippen LogP contribution in [0.3, 0.4) is 0 Å². The molecule has 0 fully saturated rings. The molecule has 1 aliphatic heterocycles. The van der Waals surface area contributed by atoms with Crippen molar-refractivity contribution in [1.82, 2.24) is 0 Å². The third kappa shape index (κ3) is 2.01. The Morgan fingerprint density at radius 2 is 2.00 bits per heavy atom. The van der Waals surface area contributed by atoms with Gasteiger partial charge in [0.15, 0.2) is 0 Å². The molecule has 0 amide bonds. The van der Waals surface area contributed by atoms with Crippen LogP contribution in [0.1, 0.15) is 30.1 Å². The molecule has 2 aromatic rings. The Balaban J connectivity index is 1.96. The molecular weight excluding hydrogens is 238 g/mol. The highest BCUT2D eigenvalue weighted by Crippen LogP contribution is 2.46. The number of benzene rings is 2. The van der Waals surface area contributed by atoms with Gasteiger partial charge in [0.05, 0.1) is 7.11 Å². The van der Waals surface area contributed by atoms with Crippen molar-refractivity contribution in [2.24, 2.45) is 0 Å². The zero-order chi connectivity index (χ0) is 13.4. The Kier molecular flexibility index (Phi) is 2.82. The Hall–Kier alpha value is -2.16. The monoisotopic (exact) mass is 255 g/mol. The summed E-state index contributed by atoms with van der Waals surface area (Å²) in [6.45, 7) is 2.17. The number of anilines is 1. The summed E-state index contributed by atoms with van der Waals surface area (Å²) in [6.07, 6.45) is 0.0203. The van der Waals surface area contributed by atoms with Crippen LogP contribution in [-0.2, 0) is 0 Å². The van der Waals surface area contributed by atoms with Gasteiger partial charge in [-0.3, -0.25) is 0 Å². The van der Waals surface area contributed by atoms with E-state index in [1.165, 1.54) is 5.56 Å². The SMILES string of the molecule is COc1cccc(C2Oc3cc(N)ccc3[C@@H]2C)c1. The first-order valence-corrected chi connectivity index (χ1v) is 6.39. The lowest BCUT2D eigenvalue weighted by Gasteiger charge is -2.16. The first-order chi connectivity index (χ1) is 9.19. The predicted molar refractivity (Wildman–Crippen MR) is 75.6 cm³/mol. The van der Waals surface area contributed by atoms with E-state index in [1.807, 2.05) is 30.3 Å². The summed E-state index contributed by atoms with van der Waals surface area (Å²) in [5.74, 6) is 2.05. The van der Waals surface area contributed by atoms with Crippen LogP contribution in [0.4, 0.5) is 5.69 Å². The molecular formula is C16H17NO2. The number of methoxy groups -OCH3 is 1. The van der Waals surface area contributed by atoms with Gasteiger partial charge in [0, 0.05) is 23.2 Å². The smallest absolute Gasteiger partial charge is 0.131 e. The molecule has 2 aromatic carbocycles. The van der Waals surface area contributed by atoms with Gasteiger partial charge in [-0.2, -0.15) is 0 Å². The summed E-state index contributed by atoms with van der Waals surface area (Å²) in [5.41, 5.74) is 8.88. The maximum absolute atomic E-state index is 6.05. The number of hydrogen-bond donors (Lipinski definition) is 1. The molecule has 19 heavy (non-hydrogen) atoms. The average Bonchev–Trinajstić information content (AvgIpc) is 2.75. The van der Waals surface area contributed by atoms with Crippen molar-refractivity contribution in [1.29, 1.82) is 0 Å². The average molecular weight is 255 g/mol. The van der Waals surface area contributed by atoms with Gasteiger partial charge in [-0.1, -0.05) is 25.1 Å². The summed E-state index contributed by atoms with van der Waals surface area (Å²) >= 11 is 0. The molecule has 0 aliphatic carbocycles. The lowest BCUT2D eigenvalue weighted by atomic mass is 9.93. The van der Waals surface area contributed by atoms with Gasteiger partial charge in [-0.25, -0.2) is 0 Å². The number of hydrogen-bond acceptors (Lipinski definition) is 3. The summed E-state index contributed by atoms with van der Waals surface area (Å²) in [4.78, 5) is 0. The molecule has 2 N–H and O–H groups in total. The van der Waals surface area contributed by atoms with Gasteiger partial charge in [0.25, 0.3) is 0 Å². The van der Waals surface area contributed by atoms with Gasteiger partial charge >= 0.3 is 0 Å². The fourth-order valence-corrected chi connectivity index (χ4v) is 2.61. The molecule has 0 spiro atoms. The quantitative estimate of drug-likeness (QED) is 0.835. The number of nitrogen functional groups attached to an aromatic ring is 1. The van der Waals surface area contributed by atoms with Gasteiger partial charge in [0.1, 0.15) is 17.6 Å². The van der Waals surface area contributed by atoms with E-state index in [4.69, 9.17) is 15.2 Å². The fourth-order valence-electron chi connectivity index (χ4n) is 2.61. The molecule has 0 bridgehead atoms. The second-order valence-corrected chi connectivity index (χ2v) is 4.90. The lowest BCUT2D eigenvalue weighted by molar-refractivity contribution is 0.215. The van der Waals surface area contributed by atoms with Crippen LogP contribution in [0, 0.1) is 0 Å². The van der Waals surface area contributed by atoms with E-state index in [9.17, 15) is 0 Å². The van der Waals surface area contributed by atoms with Crippen molar-refractivity contribution < 1.29 is 9.47 Å². The number of rotatable bonds is 2. The summed E-state index contributed by atoms with van der Waals surface area (Å²) < 4.78 is 11.3. The van der Waals surface area contributed by atoms with Gasteiger partial charge in [-0.15, -0.1) is 0 Å². The van der Waals surface area contributed by atoms with Crippen molar-refractivity contribution in [3.05, 3.63) is 53.6 Å². The largest absolute Gasteiger partial charge is 0.497 e.